The topological polar surface area (TPSA) is 74.2 Å². The van der Waals surface area contributed by atoms with E-state index in [9.17, 15) is 9.90 Å². The van der Waals surface area contributed by atoms with Gasteiger partial charge in [-0.05, 0) is 30.4 Å². The molecule has 0 aliphatic rings. The van der Waals surface area contributed by atoms with Crippen LogP contribution in [0.15, 0.2) is 36.4 Å². The van der Waals surface area contributed by atoms with Crippen molar-refractivity contribution in [3.05, 3.63) is 47.5 Å². The maximum absolute atomic E-state index is 12.4. The van der Waals surface area contributed by atoms with Gasteiger partial charge in [0, 0.05) is 23.3 Å². The number of carbonyl (C=O) groups excluding carboxylic acids is 1. The molecule has 0 saturated carbocycles. The molecule has 6 heteroatoms. The van der Waals surface area contributed by atoms with Gasteiger partial charge in [0.1, 0.15) is 17.2 Å². The van der Waals surface area contributed by atoms with Gasteiger partial charge in [-0.25, -0.2) is 0 Å². The van der Waals surface area contributed by atoms with E-state index in [4.69, 9.17) is 18.9 Å². The van der Waals surface area contributed by atoms with E-state index in [1.165, 1.54) is 40.6 Å². The van der Waals surface area contributed by atoms with Gasteiger partial charge in [-0.2, -0.15) is 0 Å². The third-order valence-corrected chi connectivity index (χ3v) is 3.58. The summed E-state index contributed by atoms with van der Waals surface area (Å²) >= 11 is 0. The first-order valence-electron chi connectivity index (χ1n) is 7.42. The molecule has 0 saturated heterocycles. The number of carbonyl (C=O) groups is 1. The first-order chi connectivity index (χ1) is 12.0. The molecular formula is C19H20O6. The van der Waals surface area contributed by atoms with Crippen LogP contribution in [0.25, 0.3) is 6.08 Å². The van der Waals surface area contributed by atoms with Gasteiger partial charge in [-0.1, -0.05) is 0 Å². The molecule has 2 rings (SSSR count). The summed E-state index contributed by atoms with van der Waals surface area (Å²) in [5.74, 6) is 1.53. The number of phenols is 1. The second kappa shape index (κ2) is 8.10. The van der Waals surface area contributed by atoms with E-state index < -0.39 is 0 Å². The predicted molar refractivity (Wildman–Crippen MR) is 94.1 cm³/mol. The molecule has 0 heterocycles. The smallest absolute Gasteiger partial charge is 0.186 e. The van der Waals surface area contributed by atoms with Crippen molar-refractivity contribution in [2.45, 2.75) is 0 Å². The van der Waals surface area contributed by atoms with Crippen LogP contribution in [0, 0.1) is 0 Å². The summed E-state index contributed by atoms with van der Waals surface area (Å²) in [6.45, 7) is 0. The highest BCUT2D eigenvalue weighted by atomic mass is 16.5. The first kappa shape index (κ1) is 18.2. The van der Waals surface area contributed by atoms with Crippen LogP contribution in [0.1, 0.15) is 15.9 Å². The van der Waals surface area contributed by atoms with Crippen LogP contribution in [-0.2, 0) is 0 Å². The van der Waals surface area contributed by atoms with Crippen LogP contribution < -0.4 is 18.9 Å². The van der Waals surface area contributed by atoms with Gasteiger partial charge in [0.25, 0.3) is 0 Å². The Hall–Kier alpha value is -3.15. The molecule has 0 atom stereocenters. The molecule has 0 spiro atoms. The lowest BCUT2D eigenvalue weighted by Crippen LogP contribution is -1.97. The number of ether oxygens (including phenoxy) is 4. The van der Waals surface area contributed by atoms with Crippen LogP contribution in [-0.4, -0.2) is 39.3 Å². The lowest BCUT2D eigenvalue weighted by atomic mass is 10.1. The number of methoxy groups -OCH3 is 4. The van der Waals surface area contributed by atoms with E-state index in [-0.39, 0.29) is 17.3 Å². The van der Waals surface area contributed by atoms with E-state index in [2.05, 4.69) is 0 Å². The number of phenolic OH excluding ortho intramolecular Hbond substituents is 1. The maximum Gasteiger partial charge on any atom is 0.186 e. The Morgan fingerprint density at radius 1 is 0.840 bits per heavy atom. The molecule has 2 aromatic carbocycles. The van der Waals surface area contributed by atoms with Crippen molar-refractivity contribution in [1.82, 2.24) is 0 Å². The molecule has 0 aliphatic carbocycles. The van der Waals surface area contributed by atoms with Crippen LogP contribution in [0.4, 0.5) is 0 Å². The minimum Gasteiger partial charge on any atom is -0.504 e. The third-order valence-electron chi connectivity index (χ3n) is 3.58. The largest absolute Gasteiger partial charge is 0.504 e. The Bertz CT molecular complexity index is 772. The SMILES string of the molecule is COc1cc(OC)cc(C(=O)/C=C/c2cc(O)c(OC)cc2OC)c1. The summed E-state index contributed by atoms with van der Waals surface area (Å²) in [6.07, 6.45) is 2.95. The number of rotatable bonds is 7. The second-order valence-corrected chi connectivity index (χ2v) is 5.06. The van der Waals surface area contributed by atoms with Gasteiger partial charge < -0.3 is 24.1 Å². The molecule has 0 unspecified atom stereocenters. The van der Waals surface area contributed by atoms with Gasteiger partial charge in [-0.15, -0.1) is 0 Å². The normalized spacial score (nSPS) is 10.6. The molecule has 6 nitrogen and oxygen atoms in total. The Balaban J connectivity index is 2.33. The maximum atomic E-state index is 12.4. The third kappa shape index (κ3) is 4.23. The van der Waals surface area contributed by atoms with E-state index in [0.717, 1.165) is 0 Å². The van der Waals surface area contributed by atoms with Gasteiger partial charge in [0.2, 0.25) is 0 Å². The molecule has 0 amide bonds. The van der Waals surface area contributed by atoms with Gasteiger partial charge in [0.15, 0.2) is 17.3 Å². The summed E-state index contributed by atoms with van der Waals surface area (Å²) in [5.41, 5.74) is 0.966. The van der Waals surface area contributed by atoms with Crippen LogP contribution in [0.2, 0.25) is 0 Å². The Morgan fingerprint density at radius 3 is 1.96 bits per heavy atom. The number of hydrogen-bond donors (Lipinski definition) is 1. The fourth-order valence-electron chi connectivity index (χ4n) is 2.25. The highest BCUT2D eigenvalue weighted by Crippen LogP contribution is 2.34. The number of allylic oxidation sites excluding steroid dienone is 1. The Labute approximate surface area is 146 Å². The number of hydrogen-bond acceptors (Lipinski definition) is 6. The molecule has 1 N–H and O–H groups in total. The summed E-state index contributed by atoms with van der Waals surface area (Å²) in [5, 5.41) is 9.90. The van der Waals surface area contributed by atoms with Crippen molar-refractivity contribution in [2.24, 2.45) is 0 Å². The quantitative estimate of drug-likeness (QED) is 0.613. The molecule has 0 fully saturated rings. The molecule has 25 heavy (non-hydrogen) atoms. The summed E-state index contributed by atoms with van der Waals surface area (Å²) in [6, 6.07) is 7.95. The molecule has 0 aliphatic heterocycles. The van der Waals surface area contributed by atoms with Crippen molar-refractivity contribution in [3.8, 4) is 28.7 Å². The summed E-state index contributed by atoms with van der Waals surface area (Å²) in [4.78, 5) is 12.4. The van der Waals surface area contributed by atoms with Crippen molar-refractivity contribution < 1.29 is 28.8 Å². The van der Waals surface area contributed by atoms with Crippen molar-refractivity contribution in [1.29, 1.82) is 0 Å². The average molecular weight is 344 g/mol. The Kier molecular flexibility index (Phi) is 5.89. The van der Waals surface area contributed by atoms with Gasteiger partial charge in [-0.3, -0.25) is 4.79 Å². The number of ketones is 1. The lowest BCUT2D eigenvalue weighted by molar-refractivity contribution is 0.104. The number of benzene rings is 2. The van der Waals surface area contributed by atoms with E-state index in [1.807, 2.05) is 0 Å². The zero-order valence-electron chi connectivity index (χ0n) is 14.5. The highest BCUT2D eigenvalue weighted by molar-refractivity contribution is 6.07. The van der Waals surface area contributed by atoms with E-state index >= 15 is 0 Å². The van der Waals surface area contributed by atoms with Crippen molar-refractivity contribution in [3.63, 3.8) is 0 Å². The summed E-state index contributed by atoms with van der Waals surface area (Å²) in [7, 11) is 5.98. The molecule has 132 valence electrons. The molecule has 0 bridgehead atoms. The lowest BCUT2D eigenvalue weighted by Gasteiger charge is -2.09. The fraction of sp³-hybridized carbons (Fsp3) is 0.211. The van der Waals surface area contributed by atoms with Crippen molar-refractivity contribution in [2.75, 3.05) is 28.4 Å². The molecule has 0 aromatic heterocycles. The van der Waals surface area contributed by atoms with Crippen LogP contribution >= 0.6 is 0 Å². The molecule has 0 radical (unpaired) electrons. The Morgan fingerprint density at radius 2 is 1.44 bits per heavy atom. The zero-order chi connectivity index (χ0) is 18.4. The second-order valence-electron chi connectivity index (χ2n) is 5.06. The molecular weight excluding hydrogens is 324 g/mol. The highest BCUT2D eigenvalue weighted by Gasteiger charge is 2.11. The summed E-state index contributed by atoms with van der Waals surface area (Å²) < 4.78 is 20.6. The first-order valence-corrected chi connectivity index (χ1v) is 7.42. The molecule has 2 aromatic rings. The van der Waals surface area contributed by atoms with Gasteiger partial charge >= 0.3 is 0 Å². The van der Waals surface area contributed by atoms with Crippen LogP contribution in [0.5, 0.6) is 28.7 Å². The van der Waals surface area contributed by atoms with Crippen LogP contribution in [0.3, 0.4) is 0 Å². The van der Waals surface area contributed by atoms with E-state index in [0.29, 0.717) is 28.4 Å². The minimum atomic E-state index is -0.241. The fourth-order valence-corrected chi connectivity index (χ4v) is 2.25. The zero-order valence-corrected chi connectivity index (χ0v) is 14.5. The van der Waals surface area contributed by atoms with E-state index in [1.54, 1.807) is 30.3 Å². The predicted octanol–water partition coefficient (Wildman–Crippen LogP) is 3.32. The average Bonchev–Trinajstić information content (AvgIpc) is 2.65. The van der Waals surface area contributed by atoms with Gasteiger partial charge in [0.05, 0.1) is 28.4 Å². The monoisotopic (exact) mass is 344 g/mol. The van der Waals surface area contributed by atoms with Crippen molar-refractivity contribution >= 4 is 11.9 Å². The standard InChI is InChI=1S/C19H20O6/c1-22-14-7-13(8-15(10-14)23-2)16(20)6-5-12-9-17(21)19(25-4)11-18(12)24-3/h5-11,21H,1-4H3/b6-5+. The minimum absolute atomic E-state index is 0.0431. The number of aromatic hydroxyl groups is 1.